The quantitative estimate of drug-likeness (QED) is 0.500. The minimum atomic E-state index is -0.412. The molecule has 1 heterocycles. The molecule has 0 spiro atoms. The zero-order chi connectivity index (χ0) is 26.9. The molecule has 2 amide bonds. The maximum Gasteiger partial charge on any atom is 0.227 e. The maximum atomic E-state index is 14.4. The van der Waals surface area contributed by atoms with E-state index in [1.807, 2.05) is 13.8 Å². The Labute approximate surface area is 220 Å². The Morgan fingerprint density at radius 3 is 2.24 bits per heavy atom. The fourth-order valence-corrected chi connectivity index (χ4v) is 4.95. The summed E-state index contributed by atoms with van der Waals surface area (Å²) in [6, 6.07) is 10.7. The first-order valence-corrected chi connectivity index (χ1v) is 13.5. The Bertz CT molecular complexity index is 1060. The number of anilines is 1. The van der Waals surface area contributed by atoms with E-state index in [1.165, 1.54) is 18.2 Å². The van der Waals surface area contributed by atoms with Crippen LogP contribution in [0.1, 0.15) is 58.1 Å². The van der Waals surface area contributed by atoms with Gasteiger partial charge in [-0.3, -0.25) is 9.59 Å². The van der Waals surface area contributed by atoms with Crippen LogP contribution in [0, 0.1) is 23.5 Å². The van der Waals surface area contributed by atoms with Gasteiger partial charge < -0.3 is 14.7 Å². The number of hydrogen-bond donors (Lipinski definition) is 0. The summed E-state index contributed by atoms with van der Waals surface area (Å²) in [4.78, 5) is 32.6. The first-order chi connectivity index (χ1) is 17.6. The molecule has 1 aliphatic heterocycles. The lowest BCUT2D eigenvalue weighted by atomic mass is 10.1. The molecule has 0 bridgehead atoms. The Morgan fingerprint density at radius 1 is 0.865 bits per heavy atom. The molecule has 5 nitrogen and oxygen atoms in total. The molecule has 2 aromatic carbocycles. The van der Waals surface area contributed by atoms with Crippen LogP contribution in [-0.2, 0) is 22.6 Å². The number of nitrogens with zero attached hydrogens (tertiary/aromatic N) is 3. The summed E-state index contributed by atoms with van der Waals surface area (Å²) in [5.74, 6) is -0.354. The Morgan fingerprint density at radius 2 is 1.57 bits per heavy atom. The Balaban J connectivity index is 1.96. The highest BCUT2D eigenvalue weighted by molar-refractivity contribution is 5.94. The molecule has 0 radical (unpaired) electrons. The molecule has 7 heteroatoms. The van der Waals surface area contributed by atoms with Gasteiger partial charge >= 0.3 is 0 Å². The van der Waals surface area contributed by atoms with Crippen LogP contribution >= 0.6 is 0 Å². The van der Waals surface area contributed by atoms with E-state index in [2.05, 4.69) is 18.7 Å². The third kappa shape index (κ3) is 8.63. The van der Waals surface area contributed by atoms with Crippen LogP contribution in [0.5, 0.6) is 0 Å². The normalized spacial score (nSPS) is 15.9. The molecule has 0 unspecified atom stereocenters. The van der Waals surface area contributed by atoms with Gasteiger partial charge in [-0.25, -0.2) is 8.78 Å². The molecule has 0 atom stereocenters. The zero-order valence-electron chi connectivity index (χ0n) is 22.7. The predicted molar refractivity (Wildman–Crippen MR) is 144 cm³/mol. The van der Waals surface area contributed by atoms with Crippen LogP contribution in [0.15, 0.2) is 42.5 Å². The van der Waals surface area contributed by atoms with Gasteiger partial charge in [0.1, 0.15) is 11.6 Å². The first kappa shape index (κ1) is 28.8. The standard InChI is InChI=1S/C30H41F2N3O2/c1-22(2)17-30(37)35-16-8-14-33(20-23(3)4)13-7-15-34(21-25-18-26(31)11-12-28(25)35)29(36)19-24-9-5-6-10-27(24)32/h5-6,9-12,18,22-23H,7-8,13-17,19-21H2,1-4H3. The number of halogens is 2. The molecule has 1 aliphatic rings. The van der Waals surface area contributed by atoms with E-state index >= 15 is 0 Å². The molecule has 0 N–H and O–H groups in total. The van der Waals surface area contributed by atoms with Crippen LogP contribution < -0.4 is 4.90 Å². The number of amides is 2. The third-order valence-corrected chi connectivity index (χ3v) is 6.61. The second kappa shape index (κ2) is 13.7. The molecular weight excluding hydrogens is 472 g/mol. The topological polar surface area (TPSA) is 43.9 Å². The second-order valence-electron chi connectivity index (χ2n) is 10.9. The monoisotopic (exact) mass is 513 g/mol. The fraction of sp³-hybridized carbons (Fsp3) is 0.533. The van der Waals surface area contributed by atoms with Crippen molar-refractivity contribution >= 4 is 17.5 Å². The van der Waals surface area contributed by atoms with Gasteiger partial charge in [-0.05, 0) is 73.2 Å². The molecule has 0 aliphatic carbocycles. The molecule has 2 aromatic rings. The van der Waals surface area contributed by atoms with E-state index in [0.717, 1.165) is 32.5 Å². The summed E-state index contributed by atoms with van der Waals surface area (Å²) in [5.41, 5.74) is 1.58. The Hall–Kier alpha value is -2.80. The summed E-state index contributed by atoms with van der Waals surface area (Å²) < 4.78 is 28.7. The first-order valence-electron chi connectivity index (χ1n) is 13.5. The van der Waals surface area contributed by atoms with Crippen LogP contribution in [0.2, 0.25) is 0 Å². The largest absolute Gasteiger partial charge is 0.338 e. The lowest BCUT2D eigenvalue weighted by Gasteiger charge is -2.32. The van der Waals surface area contributed by atoms with Gasteiger partial charge in [0, 0.05) is 38.3 Å². The number of hydrogen-bond acceptors (Lipinski definition) is 3. The van der Waals surface area contributed by atoms with Crippen LogP contribution in [0.25, 0.3) is 0 Å². The van der Waals surface area contributed by atoms with Gasteiger partial charge in [0.25, 0.3) is 0 Å². The van der Waals surface area contributed by atoms with Crippen LogP contribution in [0.4, 0.5) is 14.5 Å². The van der Waals surface area contributed by atoms with Crippen molar-refractivity contribution in [3.8, 4) is 0 Å². The minimum absolute atomic E-state index is 0.000407. The molecule has 0 saturated heterocycles. The van der Waals surface area contributed by atoms with Crippen molar-refractivity contribution in [2.45, 2.75) is 59.9 Å². The van der Waals surface area contributed by atoms with Gasteiger partial charge in [0.15, 0.2) is 0 Å². The van der Waals surface area contributed by atoms with Crippen LogP contribution in [-0.4, -0.2) is 54.3 Å². The predicted octanol–water partition coefficient (Wildman–Crippen LogP) is 5.67. The van der Waals surface area contributed by atoms with E-state index in [1.54, 1.807) is 34.1 Å². The highest BCUT2D eigenvalue weighted by atomic mass is 19.1. The number of carbonyl (C=O) groups is 2. The van der Waals surface area contributed by atoms with E-state index in [0.29, 0.717) is 42.2 Å². The minimum Gasteiger partial charge on any atom is -0.338 e. The van der Waals surface area contributed by atoms with Gasteiger partial charge in [0.05, 0.1) is 6.42 Å². The molecule has 202 valence electrons. The van der Waals surface area contributed by atoms with E-state index in [-0.39, 0.29) is 30.7 Å². The van der Waals surface area contributed by atoms with E-state index in [4.69, 9.17) is 0 Å². The van der Waals surface area contributed by atoms with Gasteiger partial charge in [-0.15, -0.1) is 0 Å². The van der Waals surface area contributed by atoms with Crippen molar-refractivity contribution in [1.82, 2.24) is 9.80 Å². The van der Waals surface area contributed by atoms with Crippen molar-refractivity contribution in [3.63, 3.8) is 0 Å². The smallest absolute Gasteiger partial charge is 0.227 e. The second-order valence-corrected chi connectivity index (χ2v) is 10.9. The number of fused-ring (bicyclic) bond motifs is 1. The lowest BCUT2D eigenvalue weighted by molar-refractivity contribution is -0.131. The van der Waals surface area contributed by atoms with Crippen molar-refractivity contribution < 1.29 is 18.4 Å². The molecular formula is C30H41F2N3O2. The Kier molecular flexibility index (Phi) is 10.6. The number of carbonyl (C=O) groups excluding carboxylic acids is 2. The SMILES string of the molecule is CC(C)CC(=O)N1CCCN(CC(C)C)CCCN(C(=O)Cc2ccccc2F)Cc2cc(F)ccc21. The van der Waals surface area contributed by atoms with Crippen molar-refractivity contribution in [1.29, 1.82) is 0 Å². The lowest BCUT2D eigenvalue weighted by Crippen LogP contribution is -2.40. The summed E-state index contributed by atoms with van der Waals surface area (Å²) in [6.07, 6.45) is 1.89. The van der Waals surface area contributed by atoms with Crippen molar-refractivity contribution in [2.24, 2.45) is 11.8 Å². The van der Waals surface area contributed by atoms with Gasteiger partial charge in [-0.2, -0.15) is 0 Å². The van der Waals surface area contributed by atoms with Gasteiger partial charge in [0.2, 0.25) is 11.8 Å². The highest BCUT2D eigenvalue weighted by Gasteiger charge is 2.24. The average Bonchev–Trinajstić information content (AvgIpc) is 2.81. The summed E-state index contributed by atoms with van der Waals surface area (Å²) in [5, 5.41) is 0. The summed E-state index contributed by atoms with van der Waals surface area (Å²) in [6.45, 7) is 12.1. The number of benzene rings is 2. The summed E-state index contributed by atoms with van der Waals surface area (Å²) in [7, 11) is 0. The molecule has 37 heavy (non-hydrogen) atoms. The number of rotatable bonds is 6. The fourth-order valence-electron chi connectivity index (χ4n) is 4.95. The maximum absolute atomic E-state index is 14.4. The zero-order valence-corrected chi connectivity index (χ0v) is 22.7. The van der Waals surface area contributed by atoms with Crippen molar-refractivity contribution in [3.05, 3.63) is 65.2 Å². The molecule has 0 fully saturated rings. The third-order valence-electron chi connectivity index (χ3n) is 6.61. The molecule has 0 aromatic heterocycles. The molecule has 0 saturated carbocycles. The highest BCUT2D eigenvalue weighted by Crippen LogP contribution is 2.26. The molecule has 3 rings (SSSR count). The van der Waals surface area contributed by atoms with Gasteiger partial charge in [-0.1, -0.05) is 45.9 Å². The van der Waals surface area contributed by atoms with E-state index < -0.39 is 11.6 Å². The average molecular weight is 514 g/mol. The van der Waals surface area contributed by atoms with E-state index in [9.17, 15) is 18.4 Å². The van der Waals surface area contributed by atoms with Crippen LogP contribution in [0.3, 0.4) is 0 Å². The summed E-state index contributed by atoms with van der Waals surface area (Å²) >= 11 is 0. The van der Waals surface area contributed by atoms with Crippen molar-refractivity contribution in [2.75, 3.05) is 37.6 Å².